The topological polar surface area (TPSA) is 105 Å². The lowest BCUT2D eigenvalue weighted by Crippen LogP contribution is -2.26. The van der Waals surface area contributed by atoms with Crippen LogP contribution in [-0.4, -0.2) is 28.8 Å². The van der Waals surface area contributed by atoms with Crippen molar-refractivity contribution >= 4 is 23.3 Å². The summed E-state index contributed by atoms with van der Waals surface area (Å²) in [5.74, 6) is -0.405. The molecule has 2 aromatic rings. The van der Waals surface area contributed by atoms with E-state index < -0.39 is 5.91 Å². The summed E-state index contributed by atoms with van der Waals surface area (Å²) in [5, 5.41) is 11.9. The van der Waals surface area contributed by atoms with Gasteiger partial charge in [-0.05, 0) is 36.8 Å². The van der Waals surface area contributed by atoms with Crippen LogP contribution in [0.1, 0.15) is 30.3 Å². The van der Waals surface area contributed by atoms with Crippen LogP contribution in [0.4, 0.5) is 16.2 Å². The van der Waals surface area contributed by atoms with Crippen LogP contribution in [0.5, 0.6) is 0 Å². The Hall–Kier alpha value is -3.16. The zero-order valence-electron chi connectivity index (χ0n) is 14.2. The first-order valence-corrected chi connectivity index (χ1v) is 8.01. The Kier molecular flexibility index (Phi) is 6.27. The second-order valence-corrected chi connectivity index (χ2v) is 5.37. The monoisotopic (exact) mass is 343 g/mol. The quantitative estimate of drug-likeness (QED) is 0.746. The first-order valence-electron chi connectivity index (χ1n) is 8.01. The summed E-state index contributed by atoms with van der Waals surface area (Å²) < 4.78 is 1.30. The number of aromatic nitrogens is 2. The molecule has 0 saturated carbocycles. The summed E-state index contributed by atoms with van der Waals surface area (Å²) in [7, 11) is 1.52. The minimum atomic E-state index is -0.405. The Morgan fingerprint density at radius 1 is 1.04 bits per heavy atom. The van der Waals surface area contributed by atoms with Gasteiger partial charge in [0, 0.05) is 31.0 Å². The highest BCUT2D eigenvalue weighted by atomic mass is 16.2. The van der Waals surface area contributed by atoms with E-state index in [1.165, 1.54) is 23.9 Å². The molecule has 8 nitrogen and oxygen atoms in total. The highest BCUT2D eigenvalue weighted by Crippen LogP contribution is 2.14. The van der Waals surface area contributed by atoms with Gasteiger partial charge in [0.2, 0.25) is 0 Å². The van der Waals surface area contributed by atoms with Crippen molar-refractivity contribution in [3.63, 3.8) is 0 Å². The number of anilines is 2. The van der Waals surface area contributed by atoms with Crippen LogP contribution >= 0.6 is 0 Å². The Morgan fingerprint density at radius 2 is 1.68 bits per heavy atom. The van der Waals surface area contributed by atoms with Gasteiger partial charge in [-0.25, -0.2) is 9.48 Å². The molecule has 132 valence electrons. The maximum Gasteiger partial charge on any atom is 0.318 e. The molecule has 0 radical (unpaired) electrons. The summed E-state index contributed by atoms with van der Waals surface area (Å²) in [5.41, 5.74) is 1.10. The van der Waals surface area contributed by atoms with Crippen molar-refractivity contribution in [3.05, 3.63) is 52.4 Å². The molecule has 1 aromatic carbocycles. The van der Waals surface area contributed by atoms with E-state index in [0.717, 1.165) is 12.8 Å². The Morgan fingerprint density at radius 3 is 2.28 bits per heavy atom. The number of hydrogen-bond donors (Lipinski definition) is 3. The van der Waals surface area contributed by atoms with Crippen LogP contribution in [0.25, 0.3) is 0 Å². The van der Waals surface area contributed by atoms with Crippen molar-refractivity contribution in [2.24, 2.45) is 0 Å². The smallest absolute Gasteiger partial charge is 0.318 e. The van der Waals surface area contributed by atoms with Crippen molar-refractivity contribution in [1.29, 1.82) is 0 Å². The predicted octanol–water partition coefficient (Wildman–Crippen LogP) is 2.05. The van der Waals surface area contributed by atoms with Gasteiger partial charge in [-0.2, -0.15) is 5.10 Å². The number of unbranched alkanes of at least 4 members (excludes halogenated alkanes) is 1. The molecule has 0 spiro atoms. The molecule has 0 aliphatic heterocycles. The first-order chi connectivity index (χ1) is 12.0. The number of benzene rings is 1. The molecule has 2 rings (SSSR count). The average Bonchev–Trinajstić information content (AvgIpc) is 2.62. The van der Waals surface area contributed by atoms with Gasteiger partial charge in [0.15, 0.2) is 0 Å². The van der Waals surface area contributed by atoms with Gasteiger partial charge in [0.05, 0.1) is 0 Å². The highest BCUT2D eigenvalue weighted by Gasteiger charge is 2.10. The van der Waals surface area contributed by atoms with Crippen molar-refractivity contribution in [2.45, 2.75) is 26.3 Å². The number of rotatable bonds is 6. The molecule has 1 aromatic heterocycles. The molecule has 25 heavy (non-hydrogen) atoms. The molecular weight excluding hydrogens is 322 g/mol. The zero-order valence-corrected chi connectivity index (χ0v) is 14.2. The number of carbonyl (C=O) groups excluding carboxylic acids is 2. The molecule has 0 atom stereocenters. The number of urea groups is 1. The lowest BCUT2D eigenvalue weighted by atomic mass is 10.2. The average molecular weight is 343 g/mol. The van der Waals surface area contributed by atoms with Gasteiger partial charge in [-0.1, -0.05) is 13.3 Å². The summed E-state index contributed by atoms with van der Waals surface area (Å²) in [6, 6.07) is 9.08. The molecule has 0 unspecified atom stereocenters. The minimum Gasteiger partial charge on any atom is -0.341 e. The van der Waals surface area contributed by atoms with Gasteiger partial charge < -0.3 is 16.0 Å². The van der Waals surface area contributed by atoms with Crippen LogP contribution < -0.4 is 21.5 Å². The van der Waals surface area contributed by atoms with E-state index in [1.54, 1.807) is 24.3 Å². The van der Waals surface area contributed by atoms with E-state index in [9.17, 15) is 14.4 Å². The molecule has 0 aliphatic rings. The van der Waals surface area contributed by atoms with Crippen LogP contribution in [0, 0.1) is 0 Å². The number of nitrogens with zero attached hydrogens (tertiary/aromatic N) is 2. The Bertz CT molecular complexity index is 799. The minimum absolute atomic E-state index is 0.170. The van der Waals surface area contributed by atoms with Crippen molar-refractivity contribution in [2.75, 3.05) is 17.7 Å². The maximum absolute atomic E-state index is 12.3. The van der Waals surface area contributed by atoms with Crippen LogP contribution in [0.3, 0.4) is 0 Å². The Balaban J connectivity index is 2.06. The maximum atomic E-state index is 12.3. The van der Waals surface area contributed by atoms with Crippen LogP contribution in [-0.2, 0) is 6.54 Å². The molecule has 0 aliphatic carbocycles. The molecule has 1 heterocycles. The zero-order chi connectivity index (χ0) is 18.2. The molecule has 0 fully saturated rings. The van der Waals surface area contributed by atoms with Crippen LogP contribution in [0.15, 0.2) is 41.2 Å². The number of hydrogen-bond acceptors (Lipinski definition) is 4. The molecule has 8 heteroatoms. The molecule has 0 saturated heterocycles. The fourth-order valence-electron chi connectivity index (χ4n) is 2.06. The van der Waals surface area contributed by atoms with Gasteiger partial charge in [0.1, 0.15) is 5.69 Å². The van der Waals surface area contributed by atoms with Crippen molar-refractivity contribution in [1.82, 2.24) is 15.1 Å². The Labute approximate surface area is 145 Å². The van der Waals surface area contributed by atoms with E-state index >= 15 is 0 Å². The van der Waals surface area contributed by atoms with E-state index in [-0.39, 0.29) is 17.3 Å². The van der Waals surface area contributed by atoms with Crippen molar-refractivity contribution < 1.29 is 9.59 Å². The van der Waals surface area contributed by atoms with Gasteiger partial charge in [-0.15, -0.1) is 0 Å². The first kappa shape index (κ1) is 18.2. The third-order valence-electron chi connectivity index (χ3n) is 3.45. The fourth-order valence-corrected chi connectivity index (χ4v) is 2.06. The van der Waals surface area contributed by atoms with E-state index in [1.807, 2.05) is 6.92 Å². The van der Waals surface area contributed by atoms with Gasteiger partial charge >= 0.3 is 6.03 Å². The fraction of sp³-hybridized carbons (Fsp3) is 0.294. The molecule has 0 bridgehead atoms. The summed E-state index contributed by atoms with van der Waals surface area (Å²) in [6.07, 6.45) is 1.75. The molecule has 3 amide bonds. The predicted molar refractivity (Wildman–Crippen MR) is 95.9 cm³/mol. The normalized spacial score (nSPS) is 10.2. The summed E-state index contributed by atoms with van der Waals surface area (Å²) in [4.78, 5) is 35.3. The third-order valence-corrected chi connectivity index (χ3v) is 3.45. The van der Waals surface area contributed by atoms with Gasteiger partial charge in [-0.3, -0.25) is 9.59 Å². The van der Waals surface area contributed by atoms with E-state index in [2.05, 4.69) is 21.0 Å². The SMILES string of the molecule is CCCCn1nc(C(=O)Nc2ccc(NC(=O)NC)cc2)ccc1=O. The third kappa shape index (κ3) is 5.17. The van der Waals surface area contributed by atoms with E-state index in [4.69, 9.17) is 0 Å². The number of amides is 3. The number of nitrogens with one attached hydrogen (secondary N) is 3. The van der Waals surface area contributed by atoms with Gasteiger partial charge in [0.25, 0.3) is 11.5 Å². The molecule has 3 N–H and O–H groups in total. The van der Waals surface area contributed by atoms with E-state index in [0.29, 0.717) is 17.9 Å². The lowest BCUT2D eigenvalue weighted by Gasteiger charge is -2.09. The largest absolute Gasteiger partial charge is 0.341 e. The summed E-state index contributed by atoms with van der Waals surface area (Å²) in [6.45, 7) is 2.50. The van der Waals surface area contributed by atoms with Crippen LogP contribution in [0.2, 0.25) is 0 Å². The number of carbonyl (C=O) groups is 2. The number of aryl methyl sites for hydroxylation is 1. The second kappa shape index (κ2) is 8.62. The highest BCUT2D eigenvalue weighted by molar-refractivity contribution is 6.02. The lowest BCUT2D eigenvalue weighted by molar-refractivity contribution is 0.101. The summed E-state index contributed by atoms with van der Waals surface area (Å²) >= 11 is 0. The second-order valence-electron chi connectivity index (χ2n) is 5.37. The van der Waals surface area contributed by atoms with Crippen molar-refractivity contribution in [3.8, 4) is 0 Å². The standard InChI is InChI=1S/C17H21N5O3/c1-3-4-11-22-15(23)10-9-14(21-22)16(24)19-12-5-7-13(8-6-12)20-17(25)18-2/h5-10H,3-4,11H2,1-2H3,(H,19,24)(H2,18,20,25). The molecular formula is C17H21N5O3.